The Morgan fingerprint density at radius 3 is 1.21 bits per heavy atom. The number of hydrogen-bond donors (Lipinski definition) is 2. The number of carboxylic acid groups (broad SMARTS) is 2. The van der Waals surface area contributed by atoms with Crippen LogP contribution in [-0.2, 0) is 9.59 Å². The lowest BCUT2D eigenvalue weighted by molar-refractivity contribution is -0.132. The van der Waals surface area contributed by atoms with Crippen molar-refractivity contribution < 1.29 is 24.2 Å². The lowest BCUT2D eigenvalue weighted by atomic mass is 10.7. The number of carboxylic acids is 2. The van der Waals surface area contributed by atoms with Gasteiger partial charge in [0.2, 0.25) is 0 Å². The van der Waals surface area contributed by atoms with Gasteiger partial charge in [-0.25, -0.2) is 14.0 Å². The van der Waals surface area contributed by atoms with Crippen molar-refractivity contribution in [3.05, 3.63) is 38.0 Å². The predicted molar refractivity (Wildman–Crippen MR) is 51.8 cm³/mol. The summed E-state index contributed by atoms with van der Waals surface area (Å²) in [6.45, 7) is 8.61. The van der Waals surface area contributed by atoms with Crippen LogP contribution >= 0.6 is 0 Å². The minimum Gasteiger partial charge on any atom is -0.478 e. The van der Waals surface area contributed by atoms with Gasteiger partial charge < -0.3 is 10.2 Å². The van der Waals surface area contributed by atoms with E-state index in [0.717, 1.165) is 12.2 Å². The van der Waals surface area contributed by atoms with Gasteiger partial charge in [-0.1, -0.05) is 19.2 Å². The first-order chi connectivity index (χ1) is 6.45. The van der Waals surface area contributed by atoms with Gasteiger partial charge in [-0.15, -0.1) is 6.58 Å². The van der Waals surface area contributed by atoms with Crippen LogP contribution in [0, 0.1) is 0 Å². The largest absolute Gasteiger partial charge is 0.478 e. The molecule has 0 fully saturated rings. The van der Waals surface area contributed by atoms with Gasteiger partial charge in [0.25, 0.3) is 0 Å². The van der Waals surface area contributed by atoms with Crippen molar-refractivity contribution >= 4 is 11.9 Å². The first-order valence-electron chi connectivity index (χ1n) is 3.33. The Balaban J connectivity index is -0.000000131. The molecule has 0 aromatic rings. The standard InChI is InChI=1S/C3H5F.2C3H4O2/c1-2-3-4;2*1-2-3(4)5/h2H,1,3H2;2*2H,1H2,(H,4,5). The fourth-order valence-electron chi connectivity index (χ4n) is 0. The second-order valence-corrected chi connectivity index (χ2v) is 1.53. The summed E-state index contributed by atoms with van der Waals surface area (Å²) in [5, 5.41) is 15.2. The number of hydrogen-bond acceptors (Lipinski definition) is 2. The van der Waals surface area contributed by atoms with E-state index < -0.39 is 18.6 Å². The minimum atomic E-state index is -0.981. The lowest BCUT2D eigenvalue weighted by Gasteiger charge is -1.64. The van der Waals surface area contributed by atoms with Crippen LogP contribution in [0.1, 0.15) is 0 Å². The molecule has 14 heavy (non-hydrogen) atoms. The zero-order chi connectivity index (χ0) is 12.0. The fourth-order valence-corrected chi connectivity index (χ4v) is 0. The zero-order valence-electron chi connectivity index (χ0n) is 7.65. The number of carbonyl (C=O) groups is 2. The van der Waals surface area contributed by atoms with Gasteiger partial charge in [-0.05, 0) is 0 Å². The van der Waals surface area contributed by atoms with Crippen molar-refractivity contribution in [1.82, 2.24) is 0 Å². The molecule has 0 unspecified atom stereocenters. The van der Waals surface area contributed by atoms with Crippen molar-refractivity contribution in [1.29, 1.82) is 0 Å². The van der Waals surface area contributed by atoms with Crippen LogP contribution in [0.25, 0.3) is 0 Å². The highest BCUT2D eigenvalue weighted by Crippen LogP contribution is 1.59. The van der Waals surface area contributed by atoms with Gasteiger partial charge in [0.15, 0.2) is 0 Å². The second-order valence-electron chi connectivity index (χ2n) is 1.53. The van der Waals surface area contributed by atoms with Crippen molar-refractivity contribution in [2.45, 2.75) is 0 Å². The molecular weight excluding hydrogens is 191 g/mol. The van der Waals surface area contributed by atoms with Crippen LogP contribution < -0.4 is 0 Å². The summed E-state index contributed by atoms with van der Waals surface area (Å²) in [6, 6.07) is 0. The van der Waals surface area contributed by atoms with Gasteiger partial charge in [0.1, 0.15) is 6.67 Å². The molecule has 0 saturated heterocycles. The number of aliphatic carboxylic acids is 2. The molecule has 0 aliphatic heterocycles. The molecule has 80 valence electrons. The third-order valence-corrected chi connectivity index (χ3v) is 0.458. The van der Waals surface area contributed by atoms with Gasteiger partial charge in [-0.2, -0.15) is 0 Å². The van der Waals surface area contributed by atoms with Crippen molar-refractivity contribution in [2.75, 3.05) is 6.67 Å². The normalized spacial score (nSPS) is 6.36. The Morgan fingerprint density at radius 2 is 1.21 bits per heavy atom. The number of allylic oxidation sites excluding steroid dienone is 1. The lowest BCUT2D eigenvalue weighted by Crippen LogP contribution is -1.82. The van der Waals surface area contributed by atoms with E-state index in [9.17, 15) is 14.0 Å². The monoisotopic (exact) mass is 204 g/mol. The fraction of sp³-hybridized carbons (Fsp3) is 0.111. The first kappa shape index (κ1) is 18.0. The molecule has 0 bridgehead atoms. The summed E-state index contributed by atoms with van der Waals surface area (Å²) in [7, 11) is 0. The van der Waals surface area contributed by atoms with Crippen molar-refractivity contribution in [3.63, 3.8) is 0 Å². The first-order valence-corrected chi connectivity index (χ1v) is 3.33. The van der Waals surface area contributed by atoms with E-state index in [4.69, 9.17) is 10.2 Å². The zero-order valence-corrected chi connectivity index (χ0v) is 7.65. The maximum absolute atomic E-state index is 10.6. The Morgan fingerprint density at radius 1 is 1.07 bits per heavy atom. The summed E-state index contributed by atoms with van der Waals surface area (Å²) < 4.78 is 10.6. The Hall–Kier alpha value is -1.91. The molecule has 0 amide bonds. The Bertz CT molecular complexity index is 181. The summed E-state index contributed by atoms with van der Waals surface area (Å²) in [5.74, 6) is -1.96. The maximum Gasteiger partial charge on any atom is 0.327 e. The van der Waals surface area contributed by atoms with E-state index in [1.54, 1.807) is 0 Å². The predicted octanol–water partition coefficient (Wildman–Crippen LogP) is 1.66. The van der Waals surface area contributed by atoms with Crippen LogP contribution in [0.2, 0.25) is 0 Å². The highest BCUT2D eigenvalue weighted by atomic mass is 19.1. The molecule has 0 aliphatic carbocycles. The summed E-state index contributed by atoms with van der Waals surface area (Å²) in [5.41, 5.74) is 0. The third kappa shape index (κ3) is 87.3. The van der Waals surface area contributed by atoms with Crippen molar-refractivity contribution in [2.24, 2.45) is 0 Å². The summed E-state index contributed by atoms with van der Waals surface area (Å²) >= 11 is 0. The molecule has 0 aromatic carbocycles. The molecule has 0 rings (SSSR count). The molecule has 5 heteroatoms. The van der Waals surface area contributed by atoms with Gasteiger partial charge >= 0.3 is 11.9 Å². The van der Waals surface area contributed by atoms with E-state index in [-0.39, 0.29) is 0 Å². The van der Waals surface area contributed by atoms with Crippen molar-refractivity contribution in [3.8, 4) is 0 Å². The van der Waals surface area contributed by atoms with E-state index >= 15 is 0 Å². The molecule has 0 saturated carbocycles. The third-order valence-electron chi connectivity index (χ3n) is 0.458. The molecule has 0 aliphatic rings. The smallest absolute Gasteiger partial charge is 0.327 e. The molecule has 0 spiro atoms. The molecule has 2 N–H and O–H groups in total. The molecule has 0 aromatic heterocycles. The maximum atomic E-state index is 10.6. The van der Waals surface area contributed by atoms with Gasteiger partial charge in [-0.3, -0.25) is 0 Å². The molecule has 4 nitrogen and oxygen atoms in total. The Labute approximate surface area is 81.7 Å². The average Bonchev–Trinajstić information content (AvgIpc) is 2.19. The topological polar surface area (TPSA) is 74.6 Å². The van der Waals surface area contributed by atoms with Gasteiger partial charge in [0, 0.05) is 12.2 Å². The van der Waals surface area contributed by atoms with Crippen LogP contribution in [0.3, 0.4) is 0 Å². The number of rotatable bonds is 3. The minimum absolute atomic E-state index is 0.417. The molecular formula is C9H13FO4. The van der Waals surface area contributed by atoms with Crippen LogP contribution in [0.5, 0.6) is 0 Å². The van der Waals surface area contributed by atoms with E-state index in [0.29, 0.717) is 0 Å². The second kappa shape index (κ2) is 17.3. The van der Waals surface area contributed by atoms with Gasteiger partial charge in [0.05, 0.1) is 0 Å². The SMILES string of the molecule is C=CC(=O)O.C=CC(=O)O.C=CCF. The van der Waals surface area contributed by atoms with E-state index in [1.165, 1.54) is 6.08 Å². The highest BCUT2D eigenvalue weighted by Gasteiger charge is 1.73. The Kier molecular flexibility index (Phi) is 22.2. The highest BCUT2D eigenvalue weighted by molar-refractivity contribution is 5.79. The average molecular weight is 204 g/mol. The van der Waals surface area contributed by atoms with E-state index in [1.807, 2.05) is 0 Å². The molecule has 0 radical (unpaired) electrons. The molecule has 0 heterocycles. The quantitative estimate of drug-likeness (QED) is 0.541. The van der Waals surface area contributed by atoms with Crippen LogP contribution in [0.4, 0.5) is 4.39 Å². The summed E-state index contributed by atoms with van der Waals surface area (Å²) in [4.78, 5) is 18.5. The summed E-state index contributed by atoms with van der Waals surface area (Å²) in [6.07, 6.45) is 2.88. The van der Waals surface area contributed by atoms with Crippen LogP contribution in [-0.4, -0.2) is 28.8 Å². The molecule has 0 atom stereocenters. The van der Waals surface area contributed by atoms with Crippen LogP contribution in [0.15, 0.2) is 38.0 Å². The van der Waals surface area contributed by atoms with E-state index in [2.05, 4.69) is 19.7 Å². The number of alkyl halides is 1. The number of halogens is 1.